The van der Waals surface area contributed by atoms with Gasteiger partial charge in [-0.05, 0) is 36.2 Å². The predicted octanol–water partition coefficient (Wildman–Crippen LogP) is 2.06. The first-order valence-electron chi connectivity index (χ1n) is 7.48. The quantitative estimate of drug-likeness (QED) is 0.866. The molecule has 0 radical (unpaired) electrons. The minimum atomic E-state index is 0.524. The highest BCUT2D eigenvalue weighted by atomic mass is 32.1. The molecule has 3 heterocycles. The summed E-state index contributed by atoms with van der Waals surface area (Å²) in [5.41, 5.74) is 1.44. The van der Waals surface area contributed by atoms with Gasteiger partial charge in [-0.2, -0.15) is 11.3 Å². The highest BCUT2D eigenvalue weighted by molar-refractivity contribution is 7.07. The van der Waals surface area contributed by atoms with E-state index in [0.29, 0.717) is 6.04 Å². The van der Waals surface area contributed by atoms with E-state index in [4.69, 9.17) is 0 Å². The molecule has 5 nitrogen and oxygen atoms in total. The van der Waals surface area contributed by atoms with E-state index in [9.17, 15) is 0 Å². The number of nitrogens with zero attached hydrogens (tertiary/aromatic N) is 5. The number of hydrogen-bond acceptors (Lipinski definition) is 5. The van der Waals surface area contributed by atoms with Crippen LogP contribution in [0.1, 0.15) is 30.2 Å². The van der Waals surface area contributed by atoms with Crippen LogP contribution in [-0.2, 0) is 13.6 Å². The lowest BCUT2D eigenvalue weighted by Crippen LogP contribution is -2.46. The van der Waals surface area contributed by atoms with E-state index in [1.165, 1.54) is 5.56 Å². The average Bonchev–Trinajstić information content (AvgIpc) is 3.13. The van der Waals surface area contributed by atoms with Gasteiger partial charge in [-0.3, -0.25) is 9.80 Å². The molecule has 0 N–H and O–H groups in total. The zero-order chi connectivity index (χ0) is 14.8. The monoisotopic (exact) mass is 305 g/mol. The van der Waals surface area contributed by atoms with E-state index in [-0.39, 0.29) is 0 Å². The van der Waals surface area contributed by atoms with Gasteiger partial charge in [0.05, 0.1) is 6.54 Å². The lowest BCUT2D eigenvalue weighted by molar-refractivity contribution is 0.0957. The molecule has 2 aromatic heterocycles. The number of aromatic nitrogens is 3. The van der Waals surface area contributed by atoms with Crippen molar-refractivity contribution >= 4 is 11.3 Å². The molecule has 3 rings (SSSR count). The first kappa shape index (κ1) is 14.7. The fourth-order valence-electron chi connectivity index (χ4n) is 2.82. The van der Waals surface area contributed by atoms with Crippen LogP contribution in [0.4, 0.5) is 0 Å². The standard InChI is InChI=1S/C15H23N5S/c1-12(14-4-9-21-11-14)20-7-5-19(6-8-20)10-15-17-16-13(2)18(15)3/h4,9,11-12H,5-8,10H2,1-3H3. The van der Waals surface area contributed by atoms with Crippen LogP contribution < -0.4 is 0 Å². The van der Waals surface area contributed by atoms with Crippen molar-refractivity contribution in [2.24, 2.45) is 7.05 Å². The second-order valence-electron chi connectivity index (χ2n) is 5.77. The van der Waals surface area contributed by atoms with E-state index in [1.54, 1.807) is 11.3 Å². The Bertz CT molecular complexity index is 569. The van der Waals surface area contributed by atoms with Gasteiger partial charge in [0, 0.05) is 39.3 Å². The van der Waals surface area contributed by atoms with E-state index in [0.717, 1.165) is 44.4 Å². The molecule has 0 aliphatic carbocycles. The Labute approximate surface area is 130 Å². The zero-order valence-electron chi connectivity index (χ0n) is 13.0. The molecule has 1 fully saturated rings. The lowest BCUT2D eigenvalue weighted by atomic mass is 10.1. The van der Waals surface area contributed by atoms with Crippen molar-refractivity contribution in [3.63, 3.8) is 0 Å². The molecule has 0 bridgehead atoms. The molecule has 0 spiro atoms. The van der Waals surface area contributed by atoms with E-state index in [2.05, 4.69) is 48.3 Å². The molecular weight excluding hydrogens is 282 g/mol. The van der Waals surface area contributed by atoms with E-state index in [1.807, 2.05) is 14.0 Å². The molecule has 6 heteroatoms. The van der Waals surface area contributed by atoms with Crippen molar-refractivity contribution in [3.8, 4) is 0 Å². The molecule has 114 valence electrons. The maximum atomic E-state index is 4.26. The van der Waals surface area contributed by atoms with Gasteiger partial charge in [0.25, 0.3) is 0 Å². The fraction of sp³-hybridized carbons (Fsp3) is 0.600. The fourth-order valence-corrected chi connectivity index (χ4v) is 3.57. The van der Waals surface area contributed by atoms with Gasteiger partial charge in [-0.1, -0.05) is 0 Å². The molecule has 1 aliphatic heterocycles. The van der Waals surface area contributed by atoms with Gasteiger partial charge in [0.15, 0.2) is 0 Å². The largest absolute Gasteiger partial charge is 0.317 e. The Morgan fingerprint density at radius 2 is 2.00 bits per heavy atom. The first-order chi connectivity index (χ1) is 10.1. The summed E-state index contributed by atoms with van der Waals surface area (Å²) in [7, 11) is 2.04. The summed E-state index contributed by atoms with van der Waals surface area (Å²) in [5, 5.41) is 12.8. The summed E-state index contributed by atoms with van der Waals surface area (Å²) < 4.78 is 2.08. The summed E-state index contributed by atoms with van der Waals surface area (Å²) in [5.74, 6) is 2.04. The smallest absolute Gasteiger partial charge is 0.146 e. The molecule has 1 unspecified atom stereocenters. The van der Waals surface area contributed by atoms with Gasteiger partial charge >= 0.3 is 0 Å². The molecule has 0 amide bonds. The first-order valence-corrected chi connectivity index (χ1v) is 8.43. The van der Waals surface area contributed by atoms with Gasteiger partial charge in [0.2, 0.25) is 0 Å². The number of rotatable bonds is 4. The van der Waals surface area contributed by atoms with E-state index >= 15 is 0 Å². The zero-order valence-corrected chi connectivity index (χ0v) is 13.8. The molecule has 1 saturated heterocycles. The third-order valence-corrected chi connectivity index (χ3v) is 5.23. The molecule has 1 aliphatic rings. The summed E-state index contributed by atoms with van der Waals surface area (Å²) >= 11 is 1.78. The predicted molar refractivity (Wildman–Crippen MR) is 85.3 cm³/mol. The highest BCUT2D eigenvalue weighted by Crippen LogP contribution is 2.23. The Balaban J connectivity index is 1.54. The molecule has 1 atom stereocenters. The van der Waals surface area contributed by atoms with Crippen molar-refractivity contribution in [2.45, 2.75) is 26.4 Å². The number of hydrogen-bond donors (Lipinski definition) is 0. The van der Waals surface area contributed by atoms with Crippen molar-refractivity contribution in [1.82, 2.24) is 24.6 Å². The van der Waals surface area contributed by atoms with Crippen LogP contribution in [0.15, 0.2) is 16.8 Å². The van der Waals surface area contributed by atoms with E-state index < -0.39 is 0 Å². The van der Waals surface area contributed by atoms with Gasteiger partial charge in [-0.15, -0.1) is 10.2 Å². The summed E-state index contributed by atoms with van der Waals surface area (Å²) in [6.07, 6.45) is 0. The van der Waals surface area contributed by atoms with Crippen molar-refractivity contribution < 1.29 is 0 Å². The Hall–Kier alpha value is -1.24. The molecule has 2 aromatic rings. The van der Waals surface area contributed by atoms with Crippen LogP contribution in [0.5, 0.6) is 0 Å². The highest BCUT2D eigenvalue weighted by Gasteiger charge is 2.23. The Kier molecular flexibility index (Phi) is 4.37. The van der Waals surface area contributed by atoms with Crippen LogP contribution >= 0.6 is 11.3 Å². The minimum Gasteiger partial charge on any atom is -0.317 e. The Morgan fingerprint density at radius 3 is 2.57 bits per heavy atom. The van der Waals surface area contributed by atoms with Crippen molar-refractivity contribution in [1.29, 1.82) is 0 Å². The van der Waals surface area contributed by atoms with Crippen molar-refractivity contribution in [2.75, 3.05) is 26.2 Å². The Morgan fingerprint density at radius 1 is 1.24 bits per heavy atom. The normalized spacial score (nSPS) is 19.0. The van der Waals surface area contributed by atoms with Crippen LogP contribution in [0.2, 0.25) is 0 Å². The topological polar surface area (TPSA) is 37.2 Å². The number of aryl methyl sites for hydroxylation is 1. The molecular formula is C15H23N5S. The van der Waals surface area contributed by atoms with Crippen molar-refractivity contribution in [3.05, 3.63) is 34.0 Å². The summed E-state index contributed by atoms with van der Waals surface area (Å²) in [6, 6.07) is 2.76. The number of piperazine rings is 1. The third-order valence-electron chi connectivity index (χ3n) is 4.53. The maximum Gasteiger partial charge on any atom is 0.146 e. The second-order valence-corrected chi connectivity index (χ2v) is 6.55. The molecule has 0 aromatic carbocycles. The lowest BCUT2D eigenvalue weighted by Gasteiger charge is -2.37. The second kappa shape index (κ2) is 6.25. The number of thiophene rings is 1. The van der Waals surface area contributed by atoms with Crippen LogP contribution in [-0.4, -0.2) is 50.7 Å². The third kappa shape index (κ3) is 3.17. The van der Waals surface area contributed by atoms with Crippen LogP contribution in [0.3, 0.4) is 0 Å². The maximum absolute atomic E-state index is 4.26. The summed E-state index contributed by atoms with van der Waals surface area (Å²) in [6.45, 7) is 9.64. The average molecular weight is 305 g/mol. The van der Waals surface area contributed by atoms with Gasteiger partial charge in [-0.25, -0.2) is 0 Å². The molecule has 21 heavy (non-hydrogen) atoms. The van der Waals surface area contributed by atoms with Crippen LogP contribution in [0.25, 0.3) is 0 Å². The minimum absolute atomic E-state index is 0.524. The molecule has 0 saturated carbocycles. The SMILES string of the molecule is Cc1nnc(CN2CCN(C(C)c3ccsc3)CC2)n1C. The van der Waals surface area contributed by atoms with Crippen LogP contribution in [0, 0.1) is 6.92 Å². The van der Waals surface area contributed by atoms with Gasteiger partial charge in [0.1, 0.15) is 11.6 Å². The summed E-state index contributed by atoms with van der Waals surface area (Å²) in [4.78, 5) is 5.04. The van der Waals surface area contributed by atoms with Gasteiger partial charge < -0.3 is 4.57 Å².